The van der Waals surface area contributed by atoms with E-state index in [2.05, 4.69) is 39.7 Å². The van der Waals surface area contributed by atoms with Gasteiger partial charge in [0, 0.05) is 28.5 Å². The van der Waals surface area contributed by atoms with E-state index in [1.165, 1.54) is 28.2 Å². The summed E-state index contributed by atoms with van der Waals surface area (Å²) in [6, 6.07) is 4.50. The maximum absolute atomic E-state index is 12.9. The van der Waals surface area contributed by atoms with Crippen molar-refractivity contribution in [2.75, 3.05) is 26.6 Å². The highest BCUT2D eigenvalue weighted by atomic mass is 32.1. The fourth-order valence-electron chi connectivity index (χ4n) is 7.75. The van der Waals surface area contributed by atoms with Gasteiger partial charge in [-0.05, 0) is 99.3 Å². The van der Waals surface area contributed by atoms with Crippen LogP contribution in [0.1, 0.15) is 79.9 Å². The minimum atomic E-state index is -0.00896. The van der Waals surface area contributed by atoms with E-state index < -0.39 is 0 Å². The SMILES string of the molecule is CON=C(C)c1cc2c(cc1OC)CCC1C2CCC2(C)C(=NOC)CC(CCC(=O)Nc3ncc(C)s3)C12. The minimum Gasteiger partial charge on any atom is -0.496 e. The number of aromatic nitrogens is 1. The van der Waals surface area contributed by atoms with Crippen LogP contribution in [0.15, 0.2) is 28.6 Å². The first-order chi connectivity index (χ1) is 18.8. The molecule has 2 aromatic rings. The Balaban J connectivity index is 1.43. The molecule has 2 fully saturated rings. The summed E-state index contributed by atoms with van der Waals surface area (Å²) < 4.78 is 5.75. The van der Waals surface area contributed by atoms with Gasteiger partial charge in [0.2, 0.25) is 5.91 Å². The largest absolute Gasteiger partial charge is 0.496 e. The van der Waals surface area contributed by atoms with Crippen molar-refractivity contribution in [3.05, 3.63) is 39.9 Å². The number of thiazole rings is 1. The van der Waals surface area contributed by atoms with Gasteiger partial charge in [0.1, 0.15) is 20.0 Å². The number of nitrogens with one attached hydrogen (secondary N) is 1. The number of aryl methyl sites for hydroxylation is 2. The molecule has 1 heterocycles. The standard InChI is InChI=1S/C30H40N4O4S/c1-17-16-31-29(39-17)32-27(35)10-8-20-14-26(34-38-6)30(3)12-11-21-22(28(20)30)9-7-19-13-25(36-4)23(15-24(19)21)18(2)33-37-5/h13,15-16,20-22,28H,7-12,14H2,1-6H3,(H,31,32,35). The fraction of sp³-hybridized carbons (Fsp3) is 0.600. The summed E-state index contributed by atoms with van der Waals surface area (Å²) >= 11 is 1.51. The van der Waals surface area contributed by atoms with Crippen LogP contribution in [-0.2, 0) is 20.9 Å². The van der Waals surface area contributed by atoms with E-state index in [-0.39, 0.29) is 11.3 Å². The van der Waals surface area contributed by atoms with Gasteiger partial charge < -0.3 is 19.7 Å². The van der Waals surface area contributed by atoms with Crippen LogP contribution in [0.4, 0.5) is 5.13 Å². The number of methoxy groups -OCH3 is 1. The molecule has 0 bridgehead atoms. The molecule has 39 heavy (non-hydrogen) atoms. The number of fused-ring (bicyclic) bond motifs is 5. The lowest BCUT2D eigenvalue weighted by molar-refractivity contribution is -0.116. The first-order valence-corrected chi connectivity index (χ1v) is 14.7. The normalized spacial score (nSPS) is 28.9. The predicted molar refractivity (Wildman–Crippen MR) is 155 cm³/mol. The number of anilines is 1. The molecule has 1 aromatic carbocycles. The Labute approximate surface area is 235 Å². The Morgan fingerprint density at radius 2 is 2.05 bits per heavy atom. The summed E-state index contributed by atoms with van der Waals surface area (Å²) in [4.78, 5) is 28.7. The van der Waals surface area contributed by atoms with Crippen LogP contribution in [-0.4, -0.2) is 43.6 Å². The van der Waals surface area contributed by atoms with E-state index in [1.807, 2.05) is 13.8 Å². The van der Waals surface area contributed by atoms with Crippen LogP contribution in [0.5, 0.6) is 5.75 Å². The molecule has 9 heteroatoms. The topological polar surface area (TPSA) is 94.4 Å². The van der Waals surface area contributed by atoms with E-state index >= 15 is 0 Å². The summed E-state index contributed by atoms with van der Waals surface area (Å²) in [6.07, 6.45) is 8.33. The third kappa shape index (κ3) is 5.17. The highest BCUT2D eigenvalue weighted by Gasteiger charge is 2.57. The van der Waals surface area contributed by atoms with Gasteiger partial charge in [0.15, 0.2) is 5.13 Å². The third-order valence-electron chi connectivity index (χ3n) is 9.35. The number of nitrogens with zero attached hydrogens (tertiary/aromatic N) is 3. The Kier molecular flexibility index (Phi) is 7.99. The number of carbonyl (C=O) groups is 1. The molecule has 5 atom stereocenters. The molecular weight excluding hydrogens is 512 g/mol. The molecule has 0 aliphatic heterocycles. The monoisotopic (exact) mass is 552 g/mol. The van der Waals surface area contributed by atoms with Gasteiger partial charge in [-0.15, -0.1) is 11.3 Å². The van der Waals surface area contributed by atoms with Gasteiger partial charge in [-0.3, -0.25) is 4.79 Å². The Hall–Kier alpha value is -2.94. The summed E-state index contributed by atoms with van der Waals surface area (Å²) in [5.74, 6) is 2.71. The van der Waals surface area contributed by atoms with E-state index in [1.54, 1.807) is 27.5 Å². The van der Waals surface area contributed by atoms with E-state index in [9.17, 15) is 4.79 Å². The first kappa shape index (κ1) is 27.6. The highest BCUT2D eigenvalue weighted by molar-refractivity contribution is 7.15. The highest BCUT2D eigenvalue weighted by Crippen LogP contribution is 2.62. The van der Waals surface area contributed by atoms with Crippen molar-refractivity contribution in [2.24, 2.45) is 33.5 Å². The number of hydrogen-bond donors (Lipinski definition) is 1. The zero-order valence-corrected chi connectivity index (χ0v) is 24.7. The van der Waals surface area contributed by atoms with Crippen LogP contribution >= 0.6 is 11.3 Å². The van der Waals surface area contributed by atoms with Crippen LogP contribution in [0, 0.1) is 30.1 Å². The second-order valence-electron chi connectivity index (χ2n) is 11.4. The maximum atomic E-state index is 12.9. The number of oxime groups is 2. The van der Waals surface area contributed by atoms with Gasteiger partial charge in [-0.1, -0.05) is 17.2 Å². The lowest BCUT2D eigenvalue weighted by Gasteiger charge is -2.50. The number of hydrogen-bond acceptors (Lipinski definition) is 8. The molecule has 1 aromatic heterocycles. The molecule has 0 radical (unpaired) electrons. The number of carbonyl (C=O) groups excluding carboxylic acids is 1. The number of ether oxygens (including phenoxy) is 1. The van der Waals surface area contributed by atoms with E-state index in [0.29, 0.717) is 35.2 Å². The molecule has 0 saturated heterocycles. The average molecular weight is 553 g/mol. The Bertz CT molecular complexity index is 1290. The van der Waals surface area contributed by atoms with Crippen LogP contribution in [0.25, 0.3) is 0 Å². The second kappa shape index (κ2) is 11.3. The van der Waals surface area contributed by atoms with Crippen molar-refractivity contribution in [3.63, 3.8) is 0 Å². The summed E-state index contributed by atoms with van der Waals surface area (Å²) in [7, 11) is 4.93. The van der Waals surface area contributed by atoms with Crippen molar-refractivity contribution in [2.45, 2.75) is 71.6 Å². The number of benzene rings is 1. The molecule has 1 amide bonds. The van der Waals surface area contributed by atoms with Gasteiger partial charge in [0.25, 0.3) is 0 Å². The van der Waals surface area contributed by atoms with Crippen LogP contribution in [0.3, 0.4) is 0 Å². The Morgan fingerprint density at radius 1 is 1.23 bits per heavy atom. The molecular formula is C30H40N4O4S. The maximum Gasteiger partial charge on any atom is 0.226 e. The molecule has 2 saturated carbocycles. The fourth-order valence-corrected chi connectivity index (χ4v) is 8.43. The van der Waals surface area contributed by atoms with Crippen molar-refractivity contribution >= 4 is 33.8 Å². The Morgan fingerprint density at radius 3 is 2.74 bits per heavy atom. The van der Waals surface area contributed by atoms with Crippen LogP contribution in [0.2, 0.25) is 0 Å². The van der Waals surface area contributed by atoms with E-state index in [0.717, 1.165) is 60.4 Å². The summed E-state index contributed by atoms with van der Waals surface area (Å²) in [5, 5.41) is 12.4. The molecule has 5 unspecified atom stereocenters. The van der Waals surface area contributed by atoms with Crippen molar-refractivity contribution in [3.8, 4) is 5.75 Å². The quantitative estimate of drug-likeness (QED) is 0.305. The summed E-state index contributed by atoms with van der Waals surface area (Å²) in [5.41, 5.74) is 5.76. The zero-order valence-electron chi connectivity index (χ0n) is 23.9. The molecule has 8 nitrogen and oxygen atoms in total. The molecule has 1 N–H and O–H groups in total. The van der Waals surface area contributed by atoms with Crippen molar-refractivity contribution < 1.29 is 19.2 Å². The third-order valence-corrected chi connectivity index (χ3v) is 10.2. The predicted octanol–water partition coefficient (Wildman–Crippen LogP) is 6.33. The van der Waals surface area contributed by atoms with E-state index in [4.69, 9.17) is 14.4 Å². The van der Waals surface area contributed by atoms with Gasteiger partial charge in [-0.2, -0.15) is 0 Å². The number of amides is 1. The summed E-state index contributed by atoms with van der Waals surface area (Å²) in [6.45, 7) is 6.34. The van der Waals surface area contributed by atoms with Crippen molar-refractivity contribution in [1.82, 2.24) is 4.98 Å². The molecule has 0 spiro atoms. The van der Waals surface area contributed by atoms with Gasteiger partial charge >= 0.3 is 0 Å². The smallest absolute Gasteiger partial charge is 0.226 e. The number of rotatable bonds is 8. The lowest BCUT2D eigenvalue weighted by Crippen LogP contribution is -2.44. The second-order valence-corrected chi connectivity index (χ2v) is 12.7. The molecule has 5 rings (SSSR count). The molecule has 3 aliphatic rings. The lowest BCUT2D eigenvalue weighted by atomic mass is 9.53. The average Bonchev–Trinajstić information content (AvgIpc) is 3.46. The van der Waals surface area contributed by atoms with Gasteiger partial charge in [-0.25, -0.2) is 4.98 Å². The first-order valence-electron chi connectivity index (χ1n) is 13.9. The molecule has 210 valence electrons. The molecule has 3 aliphatic carbocycles. The van der Waals surface area contributed by atoms with Crippen LogP contribution < -0.4 is 10.1 Å². The minimum absolute atomic E-state index is 0.00896. The van der Waals surface area contributed by atoms with Crippen molar-refractivity contribution in [1.29, 1.82) is 0 Å². The van der Waals surface area contributed by atoms with Gasteiger partial charge in [0.05, 0.1) is 18.5 Å². The zero-order chi connectivity index (χ0) is 27.7.